The Labute approximate surface area is 120 Å². The summed E-state index contributed by atoms with van der Waals surface area (Å²) in [7, 11) is 0. The molecular formula is C15H12BrN3. The van der Waals surface area contributed by atoms with E-state index in [1.165, 1.54) is 5.56 Å². The summed E-state index contributed by atoms with van der Waals surface area (Å²) in [4.78, 5) is 0. The molecular weight excluding hydrogens is 302 g/mol. The molecule has 3 rings (SSSR count). The van der Waals surface area contributed by atoms with Gasteiger partial charge in [0.1, 0.15) is 5.69 Å². The smallest absolute Gasteiger partial charge is 0.113 e. The van der Waals surface area contributed by atoms with E-state index in [2.05, 4.69) is 39.2 Å². The van der Waals surface area contributed by atoms with Crippen LogP contribution in [0, 0.1) is 6.92 Å². The second-order valence-electron chi connectivity index (χ2n) is 4.34. The summed E-state index contributed by atoms with van der Waals surface area (Å²) in [5.41, 5.74) is 4.16. The van der Waals surface area contributed by atoms with E-state index in [0.29, 0.717) is 0 Å². The van der Waals surface area contributed by atoms with E-state index in [1.54, 1.807) is 0 Å². The molecule has 0 saturated carbocycles. The molecule has 3 aromatic rings. The van der Waals surface area contributed by atoms with Crippen molar-refractivity contribution in [2.45, 2.75) is 6.92 Å². The van der Waals surface area contributed by atoms with Crippen molar-refractivity contribution in [2.24, 2.45) is 0 Å². The Morgan fingerprint density at radius 3 is 2.47 bits per heavy atom. The number of halogens is 1. The van der Waals surface area contributed by atoms with E-state index in [4.69, 9.17) is 0 Å². The van der Waals surface area contributed by atoms with Crippen molar-refractivity contribution in [2.75, 3.05) is 0 Å². The normalized spacial score (nSPS) is 10.6. The molecule has 3 nitrogen and oxygen atoms in total. The molecule has 0 aliphatic rings. The molecule has 0 fully saturated rings. The topological polar surface area (TPSA) is 30.7 Å². The van der Waals surface area contributed by atoms with Crippen LogP contribution >= 0.6 is 15.9 Å². The largest absolute Gasteiger partial charge is 0.220 e. The van der Waals surface area contributed by atoms with Gasteiger partial charge in [-0.05, 0) is 30.7 Å². The SMILES string of the molecule is Cc1ccccc1-n1cc(-c2ccc(Br)cc2)nn1. The van der Waals surface area contributed by atoms with Crippen LogP contribution in [0.25, 0.3) is 16.9 Å². The maximum atomic E-state index is 4.23. The van der Waals surface area contributed by atoms with Gasteiger partial charge in [-0.15, -0.1) is 5.10 Å². The number of hydrogen-bond acceptors (Lipinski definition) is 2. The highest BCUT2D eigenvalue weighted by atomic mass is 79.9. The quantitative estimate of drug-likeness (QED) is 0.715. The van der Waals surface area contributed by atoms with E-state index in [9.17, 15) is 0 Å². The van der Waals surface area contributed by atoms with Gasteiger partial charge in [0.15, 0.2) is 0 Å². The molecule has 0 aliphatic carbocycles. The predicted molar refractivity (Wildman–Crippen MR) is 79.2 cm³/mol. The Kier molecular flexibility index (Phi) is 3.17. The fourth-order valence-electron chi connectivity index (χ4n) is 1.95. The summed E-state index contributed by atoms with van der Waals surface area (Å²) in [6.07, 6.45) is 1.95. The van der Waals surface area contributed by atoms with Crippen molar-refractivity contribution < 1.29 is 0 Å². The first-order valence-corrected chi connectivity index (χ1v) is 6.77. The van der Waals surface area contributed by atoms with E-state index in [0.717, 1.165) is 21.4 Å². The van der Waals surface area contributed by atoms with Crippen LogP contribution in [0.15, 0.2) is 59.2 Å². The molecule has 0 saturated heterocycles. The third kappa shape index (κ3) is 2.44. The van der Waals surface area contributed by atoms with Gasteiger partial charge < -0.3 is 0 Å². The molecule has 19 heavy (non-hydrogen) atoms. The van der Waals surface area contributed by atoms with Crippen molar-refractivity contribution in [3.8, 4) is 16.9 Å². The van der Waals surface area contributed by atoms with Gasteiger partial charge >= 0.3 is 0 Å². The first kappa shape index (κ1) is 12.1. The van der Waals surface area contributed by atoms with Gasteiger partial charge in [0.05, 0.1) is 11.9 Å². The zero-order chi connectivity index (χ0) is 13.2. The minimum Gasteiger partial charge on any atom is -0.220 e. The molecule has 0 amide bonds. The van der Waals surface area contributed by atoms with Gasteiger partial charge in [-0.2, -0.15) is 0 Å². The second-order valence-corrected chi connectivity index (χ2v) is 5.26. The lowest BCUT2D eigenvalue weighted by Crippen LogP contribution is -1.96. The highest BCUT2D eigenvalue weighted by Crippen LogP contribution is 2.21. The summed E-state index contributed by atoms with van der Waals surface area (Å²) < 4.78 is 2.87. The number of rotatable bonds is 2. The summed E-state index contributed by atoms with van der Waals surface area (Å²) in [5.74, 6) is 0. The molecule has 94 valence electrons. The van der Waals surface area contributed by atoms with Gasteiger partial charge in [0.2, 0.25) is 0 Å². The third-order valence-electron chi connectivity index (χ3n) is 3.00. The molecule has 0 bridgehead atoms. The molecule has 0 radical (unpaired) electrons. The molecule has 0 aliphatic heterocycles. The van der Waals surface area contributed by atoms with Crippen molar-refractivity contribution in [3.05, 3.63) is 64.8 Å². The maximum Gasteiger partial charge on any atom is 0.113 e. The Morgan fingerprint density at radius 1 is 1.00 bits per heavy atom. The summed E-state index contributed by atoms with van der Waals surface area (Å²) in [6.45, 7) is 2.07. The second kappa shape index (κ2) is 4.97. The van der Waals surface area contributed by atoms with Crippen molar-refractivity contribution in [1.82, 2.24) is 15.0 Å². The lowest BCUT2D eigenvalue weighted by atomic mass is 10.2. The fourth-order valence-corrected chi connectivity index (χ4v) is 2.22. The van der Waals surface area contributed by atoms with E-state index in [1.807, 2.05) is 53.3 Å². The van der Waals surface area contributed by atoms with E-state index >= 15 is 0 Å². The van der Waals surface area contributed by atoms with E-state index < -0.39 is 0 Å². The Balaban J connectivity index is 2.00. The van der Waals surface area contributed by atoms with Crippen LogP contribution < -0.4 is 0 Å². The molecule has 4 heteroatoms. The Bertz CT molecular complexity index is 701. The fraction of sp³-hybridized carbons (Fsp3) is 0.0667. The monoisotopic (exact) mass is 313 g/mol. The zero-order valence-corrected chi connectivity index (χ0v) is 12.0. The highest BCUT2D eigenvalue weighted by Gasteiger charge is 2.06. The van der Waals surface area contributed by atoms with Crippen molar-refractivity contribution >= 4 is 15.9 Å². The van der Waals surface area contributed by atoms with Crippen LogP contribution in [-0.4, -0.2) is 15.0 Å². The van der Waals surface area contributed by atoms with Gasteiger partial charge in [0.25, 0.3) is 0 Å². The van der Waals surface area contributed by atoms with Crippen LogP contribution in [-0.2, 0) is 0 Å². The minimum atomic E-state index is 0.871. The zero-order valence-electron chi connectivity index (χ0n) is 10.4. The van der Waals surface area contributed by atoms with Gasteiger partial charge in [0, 0.05) is 10.0 Å². The van der Waals surface area contributed by atoms with Gasteiger partial charge in [-0.1, -0.05) is 51.5 Å². The van der Waals surface area contributed by atoms with Crippen molar-refractivity contribution in [3.63, 3.8) is 0 Å². The lowest BCUT2D eigenvalue weighted by Gasteiger charge is -2.03. The average molecular weight is 314 g/mol. The number of aromatic nitrogens is 3. The summed E-state index contributed by atoms with van der Waals surface area (Å²) in [5, 5.41) is 8.43. The molecule has 0 atom stereocenters. The first-order valence-electron chi connectivity index (χ1n) is 5.98. The minimum absolute atomic E-state index is 0.871. The first-order chi connectivity index (χ1) is 9.24. The number of nitrogens with zero attached hydrogens (tertiary/aromatic N) is 3. The number of hydrogen-bond donors (Lipinski definition) is 0. The van der Waals surface area contributed by atoms with Crippen LogP contribution in [0.2, 0.25) is 0 Å². The van der Waals surface area contributed by atoms with Crippen LogP contribution in [0.1, 0.15) is 5.56 Å². The number of para-hydroxylation sites is 1. The maximum absolute atomic E-state index is 4.23. The number of aryl methyl sites for hydroxylation is 1. The molecule has 0 spiro atoms. The summed E-state index contributed by atoms with van der Waals surface area (Å²) in [6, 6.07) is 16.2. The highest BCUT2D eigenvalue weighted by molar-refractivity contribution is 9.10. The Hall–Kier alpha value is -1.94. The standard InChI is InChI=1S/C15H12BrN3/c1-11-4-2-3-5-15(11)19-10-14(17-18-19)12-6-8-13(16)9-7-12/h2-10H,1H3. The lowest BCUT2D eigenvalue weighted by molar-refractivity contribution is 0.799. The van der Waals surface area contributed by atoms with Gasteiger partial charge in [-0.25, -0.2) is 4.68 Å². The third-order valence-corrected chi connectivity index (χ3v) is 3.52. The van der Waals surface area contributed by atoms with Crippen LogP contribution in [0.5, 0.6) is 0 Å². The van der Waals surface area contributed by atoms with E-state index in [-0.39, 0.29) is 0 Å². The molecule has 1 aromatic heterocycles. The molecule has 0 unspecified atom stereocenters. The van der Waals surface area contributed by atoms with Crippen molar-refractivity contribution in [1.29, 1.82) is 0 Å². The Morgan fingerprint density at radius 2 is 1.74 bits per heavy atom. The van der Waals surface area contributed by atoms with Gasteiger partial charge in [-0.3, -0.25) is 0 Å². The van der Waals surface area contributed by atoms with Crippen LogP contribution in [0.3, 0.4) is 0 Å². The number of benzene rings is 2. The summed E-state index contributed by atoms with van der Waals surface area (Å²) >= 11 is 3.43. The predicted octanol–water partition coefficient (Wildman–Crippen LogP) is 4.01. The molecule has 2 aromatic carbocycles. The average Bonchev–Trinajstić information content (AvgIpc) is 2.89. The molecule has 1 heterocycles. The molecule has 0 N–H and O–H groups in total. The van der Waals surface area contributed by atoms with Crippen LogP contribution in [0.4, 0.5) is 0 Å².